The van der Waals surface area contributed by atoms with Gasteiger partial charge in [-0.05, 0) is 27.7 Å². The van der Waals surface area contributed by atoms with Gasteiger partial charge in [-0.25, -0.2) is 4.79 Å². The van der Waals surface area contributed by atoms with Gasteiger partial charge in [0.1, 0.15) is 0 Å². The lowest BCUT2D eigenvalue weighted by Gasteiger charge is -2.49. The van der Waals surface area contributed by atoms with Crippen LogP contribution in [0.5, 0.6) is 0 Å². The molecule has 0 amide bonds. The molecule has 0 aromatic carbocycles. The smallest absolute Gasteiger partial charge is 0.384 e. The molecule has 1 rings (SSSR count). The van der Waals surface area contributed by atoms with Gasteiger partial charge in [0, 0.05) is 18.3 Å². The molecule has 0 bridgehead atoms. The van der Waals surface area contributed by atoms with Crippen molar-refractivity contribution < 1.29 is 19.0 Å². The van der Waals surface area contributed by atoms with Crippen molar-refractivity contribution in [1.82, 2.24) is 0 Å². The molecule has 1 saturated heterocycles. The van der Waals surface area contributed by atoms with E-state index in [1.807, 2.05) is 33.8 Å². The summed E-state index contributed by atoms with van der Waals surface area (Å²) in [4.78, 5) is 11.0. The zero-order chi connectivity index (χ0) is 14.7. The number of ether oxygens (including phenoxy) is 3. The molecule has 4 nitrogen and oxygen atoms in total. The first-order valence-corrected chi connectivity index (χ1v) is 6.29. The van der Waals surface area contributed by atoms with Crippen molar-refractivity contribution in [2.45, 2.75) is 51.6 Å². The minimum Gasteiger partial charge on any atom is -0.459 e. The molecule has 2 atom stereocenters. The molecule has 0 aromatic rings. The Kier molecular flexibility index (Phi) is 4.78. The Morgan fingerprint density at radius 2 is 2.05 bits per heavy atom. The summed E-state index contributed by atoms with van der Waals surface area (Å²) in [6.07, 6.45) is 2.09. The second-order valence-electron chi connectivity index (χ2n) is 5.52. The van der Waals surface area contributed by atoms with Crippen molar-refractivity contribution in [1.29, 1.82) is 0 Å². The monoisotopic (exact) mass is 266 g/mol. The normalized spacial score (nSPS) is 27.8. The number of hydrogen-bond donors (Lipinski definition) is 0. The SMILES string of the molecule is C=C[C@H]1[C@H](CC#CC(=O)OC)OC(C)(C)OC1(C)C. The topological polar surface area (TPSA) is 44.8 Å². The fourth-order valence-electron chi connectivity index (χ4n) is 2.49. The lowest BCUT2D eigenvalue weighted by molar-refractivity contribution is -0.340. The summed E-state index contributed by atoms with van der Waals surface area (Å²) in [7, 11) is 1.31. The van der Waals surface area contributed by atoms with E-state index in [0.717, 1.165) is 0 Å². The lowest BCUT2D eigenvalue weighted by atomic mass is 9.83. The van der Waals surface area contributed by atoms with Gasteiger partial charge < -0.3 is 14.2 Å². The molecule has 1 heterocycles. The standard InChI is InChI=1S/C15H22O4/c1-7-11-12(9-8-10-13(16)17-6)18-15(4,5)19-14(11,2)3/h7,11-12H,1,9H2,2-6H3/t11-,12-/m0/s1. The minimum absolute atomic E-state index is 0.00692. The van der Waals surface area contributed by atoms with Crippen LogP contribution in [0, 0.1) is 17.8 Å². The van der Waals surface area contributed by atoms with E-state index < -0.39 is 11.8 Å². The van der Waals surface area contributed by atoms with Gasteiger partial charge in [-0.1, -0.05) is 12.0 Å². The summed E-state index contributed by atoms with van der Waals surface area (Å²) in [5, 5.41) is 0. The maximum atomic E-state index is 11.0. The summed E-state index contributed by atoms with van der Waals surface area (Å²) in [5.74, 6) is 3.99. The molecule has 4 heteroatoms. The second kappa shape index (κ2) is 5.77. The molecule has 0 saturated carbocycles. The van der Waals surface area contributed by atoms with Crippen molar-refractivity contribution in [3.63, 3.8) is 0 Å². The van der Waals surface area contributed by atoms with Gasteiger partial charge in [0.2, 0.25) is 0 Å². The first kappa shape index (κ1) is 15.7. The van der Waals surface area contributed by atoms with E-state index in [0.29, 0.717) is 6.42 Å². The van der Waals surface area contributed by atoms with Gasteiger partial charge in [0.15, 0.2) is 5.79 Å². The molecule has 0 radical (unpaired) electrons. The van der Waals surface area contributed by atoms with Crippen molar-refractivity contribution in [2.24, 2.45) is 5.92 Å². The minimum atomic E-state index is -0.680. The summed E-state index contributed by atoms with van der Waals surface area (Å²) in [6, 6.07) is 0. The fraction of sp³-hybridized carbons (Fsp3) is 0.667. The van der Waals surface area contributed by atoms with Gasteiger partial charge in [0.25, 0.3) is 0 Å². The largest absolute Gasteiger partial charge is 0.459 e. The summed E-state index contributed by atoms with van der Waals surface area (Å²) < 4.78 is 16.3. The molecule has 0 N–H and O–H groups in total. The molecule has 19 heavy (non-hydrogen) atoms. The first-order chi connectivity index (χ1) is 8.72. The van der Waals surface area contributed by atoms with E-state index in [-0.39, 0.29) is 17.6 Å². The van der Waals surface area contributed by atoms with Gasteiger partial charge in [-0.3, -0.25) is 0 Å². The Hall–Kier alpha value is -1.31. The molecular weight excluding hydrogens is 244 g/mol. The highest BCUT2D eigenvalue weighted by atomic mass is 16.7. The number of carbonyl (C=O) groups is 1. The van der Waals surface area contributed by atoms with Crippen LogP contribution in [0.15, 0.2) is 12.7 Å². The third-order valence-electron chi connectivity index (χ3n) is 3.08. The first-order valence-electron chi connectivity index (χ1n) is 6.29. The average Bonchev–Trinajstić information content (AvgIpc) is 2.25. The zero-order valence-electron chi connectivity index (χ0n) is 12.3. The van der Waals surface area contributed by atoms with Crippen molar-refractivity contribution in [3.05, 3.63) is 12.7 Å². The highest BCUT2D eigenvalue weighted by Crippen LogP contribution is 2.39. The molecule has 0 spiro atoms. The quantitative estimate of drug-likeness (QED) is 0.333. The number of rotatable bonds is 2. The van der Waals surface area contributed by atoms with Crippen LogP contribution in [0.3, 0.4) is 0 Å². The highest BCUT2D eigenvalue weighted by molar-refractivity contribution is 5.88. The van der Waals surface area contributed by atoms with Crippen LogP contribution >= 0.6 is 0 Å². The molecule has 0 aliphatic carbocycles. The van der Waals surface area contributed by atoms with Gasteiger partial charge in [0.05, 0.1) is 18.8 Å². The molecule has 1 aliphatic heterocycles. The maximum absolute atomic E-state index is 11.0. The summed E-state index contributed by atoms with van der Waals surface area (Å²) in [6.45, 7) is 11.6. The van der Waals surface area contributed by atoms with Crippen LogP contribution in [-0.4, -0.2) is 30.6 Å². The molecule has 106 valence electrons. The Labute approximate surface area is 115 Å². The van der Waals surface area contributed by atoms with Crippen LogP contribution < -0.4 is 0 Å². The van der Waals surface area contributed by atoms with Crippen LogP contribution in [0.1, 0.15) is 34.1 Å². The van der Waals surface area contributed by atoms with E-state index >= 15 is 0 Å². The maximum Gasteiger partial charge on any atom is 0.384 e. The second-order valence-corrected chi connectivity index (χ2v) is 5.52. The van der Waals surface area contributed by atoms with Gasteiger partial charge in [-0.2, -0.15) is 0 Å². The predicted octanol–water partition coefficient (Wildman–Crippen LogP) is 2.29. The van der Waals surface area contributed by atoms with Crippen molar-refractivity contribution >= 4 is 5.97 Å². The third kappa shape index (κ3) is 4.09. The van der Waals surface area contributed by atoms with E-state index in [4.69, 9.17) is 9.47 Å². The van der Waals surface area contributed by atoms with E-state index in [9.17, 15) is 4.79 Å². The number of hydrogen-bond acceptors (Lipinski definition) is 4. The lowest BCUT2D eigenvalue weighted by Crippen LogP contribution is -2.55. The Morgan fingerprint density at radius 3 is 2.58 bits per heavy atom. The summed E-state index contributed by atoms with van der Waals surface area (Å²) >= 11 is 0. The Balaban J connectivity index is 2.85. The van der Waals surface area contributed by atoms with E-state index in [1.54, 1.807) is 0 Å². The Bertz CT molecular complexity index is 412. The highest BCUT2D eigenvalue weighted by Gasteiger charge is 2.46. The molecular formula is C15H22O4. The average molecular weight is 266 g/mol. The van der Waals surface area contributed by atoms with Crippen molar-refractivity contribution in [3.8, 4) is 11.8 Å². The number of methoxy groups -OCH3 is 1. The van der Waals surface area contributed by atoms with Crippen LogP contribution in [0.2, 0.25) is 0 Å². The third-order valence-corrected chi connectivity index (χ3v) is 3.08. The Morgan fingerprint density at radius 1 is 1.42 bits per heavy atom. The van der Waals surface area contributed by atoms with Gasteiger partial charge >= 0.3 is 5.97 Å². The van der Waals surface area contributed by atoms with Crippen LogP contribution in [0.4, 0.5) is 0 Å². The van der Waals surface area contributed by atoms with Crippen LogP contribution in [-0.2, 0) is 19.0 Å². The molecule has 0 aromatic heterocycles. The fourth-order valence-corrected chi connectivity index (χ4v) is 2.49. The van der Waals surface area contributed by atoms with Crippen LogP contribution in [0.25, 0.3) is 0 Å². The predicted molar refractivity (Wildman–Crippen MR) is 72.2 cm³/mol. The molecule has 0 unspecified atom stereocenters. The molecule has 1 fully saturated rings. The van der Waals surface area contributed by atoms with E-state index in [2.05, 4.69) is 23.2 Å². The molecule has 1 aliphatic rings. The van der Waals surface area contributed by atoms with E-state index in [1.165, 1.54) is 7.11 Å². The zero-order valence-corrected chi connectivity index (χ0v) is 12.3. The summed E-state index contributed by atoms with van der Waals surface area (Å²) in [5.41, 5.74) is -0.388. The number of carbonyl (C=O) groups excluding carboxylic acids is 1. The number of esters is 1. The van der Waals surface area contributed by atoms with Crippen molar-refractivity contribution in [2.75, 3.05) is 7.11 Å². The van der Waals surface area contributed by atoms with Gasteiger partial charge in [-0.15, -0.1) is 6.58 Å².